The molecule has 0 aliphatic heterocycles. The number of aromatic nitrogens is 2. The third-order valence-electron chi connectivity index (χ3n) is 4.30. The zero-order valence-electron chi connectivity index (χ0n) is 15.9. The molecule has 2 heterocycles. The van der Waals surface area contributed by atoms with Crippen LogP contribution in [-0.4, -0.2) is 28.2 Å². The smallest absolute Gasteiger partial charge is 0.259 e. The first-order chi connectivity index (χ1) is 12.9. The average Bonchev–Trinajstić information content (AvgIpc) is 3.05. The number of amides is 1. The van der Waals surface area contributed by atoms with Crippen LogP contribution < -0.4 is 5.32 Å². The van der Waals surface area contributed by atoms with Gasteiger partial charge in [-0.1, -0.05) is 6.58 Å². The van der Waals surface area contributed by atoms with E-state index in [1.165, 1.54) is 6.26 Å². The lowest BCUT2D eigenvalue weighted by molar-refractivity contribution is 0.102. The SMILES string of the molecule is C=COC(=NC)c1ccc(NC(=O)c2ccn3c(C)cc(C)nc23)c(C)c1. The van der Waals surface area contributed by atoms with Gasteiger partial charge in [-0.2, -0.15) is 0 Å². The summed E-state index contributed by atoms with van der Waals surface area (Å²) in [6, 6.07) is 9.36. The monoisotopic (exact) mass is 362 g/mol. The number of nitrogens with zero attached hydrogens (tertiary/aromatic N) is 3. The van der Waals surface area contributed by atoms with Crippen LogP contribution in [0.2, 0.25) is 0 Å². The van der Waals surface area contributed by atoms with Crippen LogP contribution in [0, 0.1) is 20.8 Å². The molecule has 0 saturated carbocycles. The van der Waals surface area contributed by atoms with Crippen LogP contribution in [0.3, 0.4) is 0 Å². The summed E-state index contributed by atoms with van der Waals surface area (Å²) >= 11 is 0. The van der Waals surface area contributed by atoms with Crippen molar-refractivity contribution in [1.82, 2.24) is 9.38 Å². The molecule has 6 nitrogen and oxygen atoms in total. The van der Waals surface area contributed by atoms with E-state index in [1.807, 2.05) is 55.6 Å². The van der Waals surface area contributed by atoms with Gasteiger partial charge in [-0.15, -0.1) is 0 Å². The highest BCUT2D eigenvalue weighted by atomic mass is 16.5. The lowest BCUT2D eigenvalue weighted by Crippen LogP contribution is -2.14. The Kier molecular flexibility index (Phi) is 5.07. The highest BCUT2D eigenvalue weighted by Crippen LogP contribution is 2.20. The van der Waals surface area contributed by atoms with E-state index < -0.39 is 0 Å². The maximum atomic E-state index is 12.8. The van der Waals surface area contributed by atoms with Crippen LogP contribution >= 0.6 is 0 Å². The van der Waals surface area contributed by atoms with Crippen LogP contribution in [0.4, 0.5) is 5.69 Å². The summed E-state index contributed by atoms with van der Waals surface area (Å²) in [4.78, 5) is 21.4. The van der Waals surface area contributed by atoms with E-state index in [4.69, 9.17) is 4.74 Å². The zero-order chi connectivity index (χ0) is 19.6. The number of nitrogens with one attached hydrogen (secondary N) is 1. The van der Waals surface area contributed by atoms with Crippen LogP contribution in [-0.2, 0) is 4.74 Å². The predicted octanol–water partition coefficient (Wildman–Crippen LogP) is 4.05. The predicted molar refractivity (Wildman–Crippen MR) is 108 cm³/mol. The number of aryl methyl sites for hydroxylation is 3. The molecule has 0 radical (unpaired) electrons. The molecule has 1 amide bonds. The van der Waals surface area contributed by atoms with Crippen LogP contribution in [0.1, 0.15) is 32.9 Å². The lowest BCUT2D eigenvalue weighted by Gasteiger charge is -2.11. The van der Waals surface area contributed by atoms with E-state index in [0.29, 0.717) is 17.1 Å². The summed E-state index contributed by atoms with van der Waals surface area (Å²) in [5.74, 6) is 0.275. The minimum atomic E-state index is -0.197. The number of benzene rings is 1. The number of rotatable bonds is 4. The van der Waals surface area contributed by atoms with E-state index in [1.54, 1.807) is 13.1 Å². The summed E-state index contributed by atoms with van der Waals surface area (Å²) < 4.78 is 7.21. The zero-order valence-corrected chi connectivity index (χ0v) is 15.9. The van der Waals surface area contributed by atoms with Gasteiger partial charge in [0.25, 0.3) is 5.91 Å². The molecule has 3 aromatic rings. The minimum Gasteiger partial charge on any atom is -0.447 e. The standard InChI is InChI=1S/C21H22N4O2/c1-6-27-21(22-5)16-7-8-18(13(2)11-16)24-20(26)17-9-10-25-15(4)12-14(3)23-19(17)25/h6-12H,1H2,2-5H3,(H,24,26). The molecule has 0 unspecified atom stereocenters. The van der Waals surface area contributed by atoms with Crippen LogP contribution in [0.25, 0.3) is 5.65 Å². The Morgan fingerprint density at radius 1 is 1.26 bits per heavy atom. The number of aliphatic imine (C=N–C) groups is 1. The Hall–Kier alpha value is -3.41. The van der Waals surface area contributed by atoms with Gasteiger partial charge in [-0.05, 0) is 56.7 Å². The number of hydrogen-bond donors (Lipinski definition) is 1. The third-order valence-corrected chi connectivity index (χ3v) is 4.30. The van der Waals surface area contributed by atoms with Crippen molar-refractivity contribution in [1.29, 1.82) is 0 Å². The Morgan fingerprint density at radius 2 is 2.04 bits per heavy atom. The van der Waals surface area contributed by atoms with Gasteiger partial charge in [0, 0.05) is 35.9 Å². The molecule has 0 aliphatic rings. The maximum absolute atomic E-state index is 12.8. The molecule has 0 fully saturated rings. The molecule has 3 rings (SSSR count). The first-order valence-corrected chi connectivity index (χ1v) is 8.56. The topological polar surface area (TPSA) is 68.0 Å². The second-order valence-electron chi connectivity index (χ2n) is 6.26. The van der Waals surface area contributed by atoms with Crippen molar-refractivity contribution < 1.29 is 9.53 Å². The molecule has 0 saturated heterocycles. The summed E-state index contributed by atoms with van der Waals surface area (Å²) in [6.45, 7) is 9.38. The van der Waals surface area contributed by atoms with E-state index in [0.717, 1.165) is 28.2 Å². The number of carbonyl (C=O) groups excluding carboxylic acids is 1. The fourth-order valence-electron chi connectivity index (χ4n) is 3.03. The number of carbonyl (C=O) groups is 1. The second-order valence-corrected chi connectivity index (χ2v) is 6.26. The molecule has 2 aromatic heterocycles. The molecule has 27 heavy (non-hydrogen) atoms. The van der Waals surface area contributed by atoms with Gasteiger partial charge in [0.15, 0.2) is 0 Å². The molecular weight excluding hydrogens is 340 g/mol. The summed E-state index contributed by atoms with van der Waals surface area (Å²) in [5.41, 5.74) is 5.54. The molecule has 0 spiro atoms. The Morgan fingerprint density at radius 3 is 2.70 bits per heavy atom. The minimum absolute atomic E-state index is 0.197. The van der Waals surface area contributed by atoms with Crippen molar-refractivity contribution in [2.45, 2.75) is 20.8 Å². The molecule has 6 heteroatoms. The first kappa shape index (κ1) is 18.4. The van der Waals surface area contributed by atoms with Gasteiger partial charge in [0.1, 0.15) is 5.65 Å². The van der Waals surface area contributed by atoms with E-state index in [9.17, 15) is 4.79 Å². The van der Waals surface area contributed by atoms with Crippen molar-refractivity contribution >= 4 is 23.1 Å². The van der Waals surface area contributed by atoms with Crippen molar-refractivity contribution in [2.75, 3.05) is 12.4 Å². The van der Waals surface area contributed by atoms with Gasteiger partial charge in [-0.25, -0.2) is 4.98 Å². The number of hydrogen-bond acceptors (Lipinski definition) is 4. The van der Waals surface area contributed by atoms with E-state index in [-0.39, 0.29) is 5.91 Å². The van der Waals surface area contributed by atoms with E-state index in [2.05, 4.69) is 21.9 Å². The molecular formula is C21H22N4O2. The number of anilines is 1. The molecule has 0 bridgehead atoms. The molecule has 1 aromatic carbocycles. The number of fused-ring (bicyclic) bond motifs is 1. The largest absolute Gasteiger partial charge is 0.447 e. The summed E-state index contributed by atoms with van der Waals surface area (Å²) in [6.07, 6.45) is 3.20. The van der Waals surface area contributed by atoms with Gasteiger partial charge < -0.3 is 14.5 Å². The summed E-state index contributed by atoms with van der Waals surface area (Å²) in [7, 11) is 1.65. The Bertz CT molecular complexity index is 1060. The Balaban J connectivity index is 1.90. The summed E-state index contributed by atoms with van der Waals surface area (Å²) in [5, 5.41) is 2.97. The van der Waals surface area contributed by atoms with Gasteiger partial charge >= 0.3 is 0 Å². The first-order valence-electron chi connectivity index (χ1n) is 8.56. The average molecular weight is 362 g/mol. The van der Waals surface area contributed by atoms with Gasteiger partial charge in [-0.3, -0.25) is 9.79 Å². The third kappa shape index (κ3) is 3.60. The second kappa shape index (κ2) is 7.45. The Labute approximate surface area is 158 Å². The number of ether oxygens (including phenoxy) is 1. The van der Waals surface area contributed by atoms with Crippen LogP contribution in [0.15, 0.2) is 54.4 Å². The molecule has 138 valence electrons. The van der Waals surface area contributed by atoms with Crippen molar-refractivity contribution in [2.24, 2.45) is 4.99 Å². The van der Waals surface area contributed by atoms with Crippen LogP contribution in [0.5, 0.6) is 0 Å². The van der Waals surface area contributed by atoms with E-state index >= 15 is 0 Å². The fraction of sp³-hybridized carbons (Fsp3) is 0.190. The van der Waals surface area contributed by atoms with Crippen molar-refractivity contribution in [3.63, 3.8) is 0 Å². The molecule has 0 atom stereocenters. The quantitative estimate of drug-likeness (QED) is 0.432. The maximum Gasteiger partial charge on any atom is 0.259 e. The van der Waals surface area contributed by atoms with Crippen molar-refractivity contribution in [3.05, 3.63) is 77.4 Å². The highest BCUT2D eigenvalue weighted by molar-refractivity contribution is 6.09. The highest BCUT2D eigenvalue weighted by Gasteiger charge is 2.15. The molecule has 1 N–H and O–H groups in total. The van der Waals surface area contributed by atoms with Crippen molar-refractivity contribution in [3.8, 4) is 0 Å². The molecule has 0 aliphatic carbocycles. The fourth-order valence-corrected chi connectivity index (χ4v) is 3.03. The normalized spacial score (nSPS) is 11.5. The lowest BCUT2D eigenvalue weighted by atomic mass is 10.1. The van der Waals surface area contributed by atoms with Gasteiger partial charge in [0.2, 0.25) is 5.90 Å². The van der Waals surface area contributed by atoms with Gasteiger partial charge in [0.05, 0.1) is 11.8 Å².